The smallest absolute Gasteiger partial charge is 0.244 e. The molecule has 36 heavy (non-hydrogen) atoms. The molecule has 2 amide bonds. The Labute approximate surface area is 215 Å². The quantitative estimate of drug-likeness (QED) is 0.435. The number of hydrogen-bond donors (Lipinski definition) is 1. The zero-order chi connectivity index (χ0) is 26.9. The Morgan fingerprint density at radius 1 is 1.00 bits per heavy atom. The lowest BCUT2D eigenvalue weighted by atomic mass is 10.1. The van der Waals surface area contributed by atoms with Crippen molar-refractivity contribution >= 4 is 27.5 Å². The zero-order valence-electron chi connectivity index (χ0n) is 22.2. The van der Waals surface area contributed by atoms with Gasteiger partial charge in [0.2, 0.25) is 21.8 Å². The van der Waals surface area contributed by atoms with Gasteiger partial charge in [0.15, 0.2) is 0 Å². The average Bonchev–Trinajstić information content (AvgIpc) is 2.83. The van der Waals surface area contributed by atoms with Crippen LogP contribution in [-0.4, -0.2) is 56.6 Å². The number of para-hydroxylation sites is 2. The molecule has 9 heteroatoms. The van der Waals surface area contributed by atoms with Crippen molar-refractivity contribution in [3.05, 3.63) is 59.7 Å². The first-order valence-corrected chi connectivity index (χ1v) is 14.2. The largest absolute Gasteiger partial charge is 0.492 e. The lowest BCUT2D eigenvalue weighted by Crippen LogP contribution is -2.53. The number of anilines is 1. The minimum absolute atomic E-state index is 0.0486. The van der Waals surface area contributed by atoms with Crippen LogP contribution < -0.4 is 14.4 Å². The Balaban J connectivity index is 2.50. The maximum absolute atomic E-state index is 13.8. The van der Waals surface area contributed by atoms with Crippen LogP contribution in [0.15, 0.2) is 48.5 Å². The standard InChI is InChI=1S/C27H39N3O5S/c1-7-21(5)28-27(32)23(8-2)29(18-22-15-11-10-14-20(22)4)26(31)19-30(36(6,33)34)24-16-12-13-17-25(24)35-9-3/h10-17,21,23H,7-9,18-19H2,1-6H3,(H,28,32)/t21-,23+/m0/s1. The molecule has 0 aliphatic carbocycles. The summed E-state index contributed by atoms with van der Waals surface area (Å²) in [5.41, 5.74) is 2.15. The molecule has 0 aliphatic heterocycles. The van der Waals surface area contributed by atoms with Crippen LogP contribution in [0.1, 0.15) is 51.7 Å². The second-order valence-corrected chi connectivity index (χ2v) is 10.8. The summed E-state index contributed by atoms with van der Waals surface area (Å²) in [5, 5.41) is 2.97. The molecular formula is C27H39N3O5S. The number of ether oxygens (including phenoxy) is 1. The van der Waals surface area contributed by atoms with E-state index in [1.54, 1.807) is 31.2 Å². The number of hydrogen-bond acceptors (Lipinski definition) is 5. The minimum atomic E-state index is -3.84. The third-order valence-corrected chi connectivity index (χ3v) is 7.23. The highest BCUT2D eigenvalue weighted by molar-refractivity contribution is 7.92. The van der Waals surface area contributed by atoms with E-state index < -0.39 is 28.5 Å². The zero-order valence-corrected chi connectivity index (χ0v) is 23.0. The molecule has 0 aromatic heterocycles. The third kappa shape index (κ3) is 7.71. The maximum atomic E-state index is 13.8. The van der Waals surface area contributed by atoms with E-state index in [0.717, 1.165) is 28.1 Å². The monoisotopic (exact) mass is 517 g/mol. The number of benzene rings is 2. The first-order valence-electron chi connectivity index (χ1n) is 12.4. The van der Waals surface area contributed by atoms with E-state index in [2.05, 4.69) is 5.32 Å². The first-order chi connectivity index (χ1) is 17.0. The number of rotatable bonds is 13. The normalized spacial score (nSPS) is 12.9. The molecule has 0 saturated heterocycles. The Morgan fingerprint density at radius 2 is 1.64 bits per heavy atom. The fourth-order valence-corrected chi connectivity index (χ4v) is 4.72. The van der Waals surface area contributed by atoms with Crippen molar-refractivity contribution in [3.63, 3.8) is 0 Å². The number of carbonyl (C=O) groups is 2. The molecule has 198 valence electrons. The van der Waals surface area contributed by atoms with Gasteiger partial charge in [-0.3, -0.25) is 13.9 Å². The van der Waals surface area contributed by atoms with Crippen molar-refractivity contribution in [1.82, 2.24) is 10.2 Å². The molecule has 8 nitrogen and oxygen atoms in total. The molecule has 1 N–H and O–H groups in total. The Morgan fingerprint density at radius 3 is 2.22 bits per heavy atom. The fraction of sp³-hybridized carbons (Fsp3) is 0.481. The molecule has 2 aromatic rings. The summed E-state index contributed by atoms with van der Waals surface area (Å²) in [6.45, 7) is 9.55. The molecule has 0 heterocycles. The minimum Gasteiger partial charge on any atom is -0.492 e. The topological polar surface area (TPSA) is 96.0 Å². The summed E-state index contributed by atoms with van der Waals surface area (Å²) < 4.78 is 32.4. The Bertz CT molecular complexity index is 1140. The van der Waals surface area contributed by atoms with E-state index in [1.807, 2.05) is 52.0 Å². The maximum Gasteiger partial charge on any atom is 0.244 e. The molecule has 2 rings (SSSR count). The van der Waals surface area contributed by atoms with E-state index in [-0.39, 0.29) is 24.2 Å². The predicted molar refractivity (Wildman–Crippen MR) is 144 cm³/mol. The van der Waals surface area contributed by atoms with Crippen LogP contribution in [0.25, 0.3) is 0 Å². The van der Waals surface area contributed by atoms with Crippen LogP contribution in [0.3, 0.4) is 0 Å². The van der Waals surface area contributed by atoms with E-state index >= 15 is 0 Å². The van der Waals surface area contributed by atoms with Crippen molar-refractivity contribution in [3.8, 4) is 5.75 Å². The van der Waals surface area contributed by atoms with Gasteiger partial charge in [-0.2, -0.15) is 0 Å². The average molecular weight is 518 g/mol. The molecule has 0 saturated carbocycles. The van der Waals surface area contributed by atoms with Gasteiger partial charge in [-0.25, -0.2) is 8.42 Å². The second-order valence-electron chi connectivity index (χ2n) is 8.86. The van der Waals surface area contributed by atoms with Crippen LogP contribution in [0.5, 0.6) is 5.75 Å². The second kappa shape index (κ2) is 13.3. The highest BCUT2D eigenvalue weighted by Crippen LogP contribution is 2.30. The lowest BCUT2D eigenvalue weighted by Gasteiger charge is -2.34. The predicted octanol–water partition coefficient (Wildman–Crippen LogP) is 3.88. The van der Waals surface area contributed by atoms with Crippen LogP contribution >= 0.6 is 0 Å². The summed E-state index contributed by atoms with van der Waals surface area (Å²) in [7, 11) is -3.84. The molecule has 2 atom stereocenters. The van der Waals surface area contributed by atoms with Gasteiger partial charge in [0.25, 0.3) is 0 Å². The molecule has 0 unspecified atom stereocenters. The molecule has 0 fully saturated rings. The van der Waals surface area contributed by atoms with Gasteiger partial charge in [-0.1, -0.05) is 50.2 Å². The number of amides is 2. The van der Waals surface area contributed by atoms with Crippen LogP contribution in [0.2, 0.25) is 0 Å². The fourth-order valence-electron chi connectivity index (χ4n) is 3.87. The number of aryl methyl sites for hydroxylation is 1. The van der Waals surface area contributed by atoms with Gasteiger partial charge in [-0.15, -0.1) is 0 Å². The highest BCUT2D eigenvalue weighted by atomic mass is 32.2. The van der Waals surface area contributed by atoms with Gasteiger partial charge in [0.1, 0.15) is 18.3 Å². The van der Waals surface area contributed by atoms with Crippen LogP contribution in [0, 0.1) is 6.92 Å². The number of nitrogens with zero attached hydrogens (tertiary/aromatic N) is 2. The van der Waals surface area contributed by atoms with Crippen molar-refractivity contribution in [1.29, 1.82) is 0 Å². The van der Waals surface area contributed by atoms with Crippen LogP contribution in [-0.2, 0) is 26.2 Å². The summed E-state index contributed by atoms with van der Waals surface area (Å²) in [6.07, 6.45) is 2.19. The van der Waals surface area contributed by atoms with Gasteiger partial charge in [-0.05, 0) is 56.9 Å². The number of sulfonamides is 1. The van der Waals surface area contributed by atoms with Crippen molar-refractivity contribution < 1.29 is 22.7 Å². The van der Waals surface area contributed by atoms with E-state index in [9.17, 15) is 18.0 Å². The SMILES string of the molecule is CCOc1ccccc1N(CC(=O)N(Cc1ccccc1C)[C@H](CC)C(=O)N[C@@H](C)CC)S(C)(=O)=O. The van der Waals surface area contributed by atoms with Gasteiger partial charge >= 0.3 is 0 Å². The van der Waals surface area contributed by atoms with E-state index in [4.69, 9.17) is 4.74 Å². The number of carbonyl (C=O) groups excluding carboxylic acids is 2. The Hall–Kier alpha value is -3.07. The van der Waals surface area contributed by atoms with Crippen molar-refractivity contribution in [2.45, 2.75) is 66.1 Å². The molecular weight excluding hydrogens is 478 g/mol. The molecule has 0 spiro atoms. The van der Waals surface area contributed by atoms with E-state index in [1.165, 1.54) is 4.90 Å². The third-order valence-electron chi connectivity index (χ3n) is 6.10. The summed E-state index contributed by atoms with van der Waals surface area (Å²) >= 11 is 0. The van der Waals surface area contributed by atoms with Crippen molar-refractivity contribution in [2.75, 3.05) is 23.7 Å². The summed E-state index contributed by atoms with van der Waals surface area (Å²) in [5.74, 6) is -0.360. The van der Waals surface area contributed by atoms with Crippen molar-refractivity contribution in [2.24, 2.45) is 0 Å². The first kappa shape index (κ1) is 29.2. The van der Waals surface area contributed by atoms with Gasteiger partial charge < -0.3 is 15.0 Å². The van der Waals surface area contributed by atoms with Gasteiger partial charge in [0, 0.05) is 12.6 Å². The highest BCUT2D eigenvalue weighted by Gasteiger charge is 2.33. The van der Waals surface area contributed by atoms with Crippen LogP contribution in [0.4, 0.5) is 5.69 Å². The lowest BCUT2D eigenvalue weighted by molar-refractivity contribution is -0.140. The molecule has 0 aliphatic rings. The molecule has 0 bridgehead atoms. The van der Waals surface area contributed by atoms with Gasteiger partial charge in [0.05, 0.1) is 18.6 Å². The Kier molecular flexibility index (Phi) is 10.8. The molecule has 2 aromatic carbocycles. The summed E-state index contributed by atoms with van der Waals surface area (Å²) in [4.78, 5) is 28.5. The summed E-state index contributed by atoms with van der Waals surface area (Å²) in [6, 6.07) is 13.6. The number of nitrogens with one attached hydrogen (secondary N) is 1. The molecule has 0 radical (unpaired) electrons. The van der Waals surface area contributed by atoms with E-state index in [0.29, 0.717) is 18.8 Å².